The molecule has 0 spiro atoms. The Balaban J connectivity index is 2.51. The zero-order valence-corrected chi connectivity index (χ0v) is 12.5. The molecule has 3 atom stereocenters. The van der Waals surface area contributed by atoms with Crippen LogP contribution in [0.1, 0.15) is 20.3 Å². The van der Waals surface area contributed by atoms with Crippen molar-refractivity contribution in [2.75, 3.05) is 20.3 Å². The standard InChI is InChI=1S/C15H20O6/c1-4-20-13(17)15(14(18)21-5-2)10-7-6-9(8-10)11(15)12(16)19-3/h6-7,9-11H,4-5,8H2,1-3H3/t9-,10+,11-/m1/s1. The lowest BCUT2D eigenvalue weighted by Crippen LogP contribution is -2.53. The van der Waals surface area contributed by atoms with Crippen LogP contribution in [0.2, 0.25) is 0 Å². The Morgan fingerprint density at radius 3 is 2.14 bits per heavy atom. The van der Waals surface area contributed by atoms with E-state index in [1.54, 1.807) is 19.9 Å². The number of hydrogen-bond acceptors (Lipinski definition) is 6. The molecule has 0 aromatic rings. The van der Waals surface area contributed by atoms with E-state index >= 15 is 0 Å². The molecule has 0 amide bonds. The summed E-state index contributed by atoms with van der Waals surface area (Å²) in [5, 5.41) is 0. The van der Waals surface area contributed by atoms with Crippen LogP contribution in [0.15, 0.2) is 12.2 Å². The molecule has 0 aromatic carbocycles. The van der Waals surface area contributed by atoms with E-state index in [2.05, 4.69) is 0 Å². The Labute approximate surface area is 123 Å². The van der Waals surface area contributed by atoms with Crippen LogP contribution in [-0.4, -0.2) is 38.2 Å². The summed E-state index contributed by atoms with van der Waals surface area (Å²) in [6.07, 6.45) is 4.22. The molecule has 0 aromatic heterocycles. The van der Waals surface area contributed by atoms with Crippen LogP contribution in [0.3, 0.4) is 0 Å². The first kappa shape index (κ1) is 15.5. The second kappa shape index (κ2) is 5.87. The molecule has 0 N–H and O–H groups in total. The lowest BCUT2D eigenvalue weighted by Gasteiger charge is -2.35. The van der Waals surface area contributed by atoms with Gasteiger partial charge in [-0.1, -0.05) is 12.2 Å². The molecular weight excluding hydrogens is 276 g/mol. The molecule has 0 heterocycles. The third kappa shape index (κ3) is 2.13. The normalized spacial score (nSPS) is 28.2. The zero-order valence-electron chi connectivity index (χ0n) is 12.5. The molecule has 6 heteroatoms. The molecule has 21 heavy (non-hydrogen) atoms. The number of hydrogen-bond donors (Lipinski definition) is 0. The molecule has 0 aliphatic heterocycles. The molecule has 0 radical (unpaired) electrons. The number of fused-ring (bicyclic) bond motifs is 2. The summed E-state index contributed by atoms with van der Waals surface area (Å²) in [4.78, 5) is 37.2. The maximum Gasteiger partial charge on any atom is 0.325 e. The highest BCUT2D eigenvalue weighted by molar-refractivity contribution is 6.05. The van der Waals surface area contributed by atoms with Gasteiger partial charge >= 0.3 is 17.9 Å². The second-order valence-electron chi connectivity index (χ2n) is 5.20. The maximum atomic E-state index is 12.5. The number of esters is 3. The minimum atomic E-state index is -1.61. The smallest absolute Gasteiger partial charge is 0.325 e. The van der Waals surface area contributed by atoms with Crippen LogP contribution in [0.4, 0.5) is 0 Å². The molecule has 1 fully saturated rings. The van der Waals surface area contributed by atoms with Crippen molar-refractivity contribution in [3.05, 3.63) is 12.2 Å². The van der Waals surface area contributed by atoms with Gasteiger partial charge in [-0.2, -0.15) is 0 Å². The third-order valence-electron chi connectivity index (χ3n) is 4.30. The minimum absolute atomic E-state index is 0.134. The van der Waals surface area contributed by atoms with Crippen molar-refractivity contribution in [3.63, 3.8) is 0 Å². The topological polar surface area (TPSA) is 78.9 Å². The van der Waals surface area contributed by atoms with E-state index in [1.165, 1.54) is 7.11 Å². The van der Waals surface area contributed by atoms with E-state index < -0.39 is 29.2 Å². The SMILES string of the molecule is CCOC(=O)C1(C(=O)OCC)[C@H]2C=C[C@H](C2)[C@@H]1C(=O)OC. The van der Waals surface area contributed by atoms with Crippen molar-refractivity contribution in [2.45, 2.75) is 20.3 Å². The molecule has 2 aliphatic carbocycles. The Bertz CT molecular complexity index is 463. The van der Waals surface area contributed by atoms with Gasteiger partial charge < -0.3 is 14.2 Å². The van der Waals surface area contributed by atoms with Gasteiger partial charge in [-0.25, -0.2) is 0 Å². The summed E-state index contributed by atoms with van der Waals surface area (Å²) in [6.45, 7) is 3.59. The van der Waals surface area contributed by atoms with Gasteiger partial charge in [0.1, 0.15) is 0 Å². The summed E-state index contributed by atoms with van der Waals surface area (Å²) in [5.74, 6) is -3.43. The largest absolute Gasteiger partial charge is 0.469 e. The molecule has 2 rings (SSSR count). The maximum absolute atomic E-state index is 12.5. The zero-order chi connectivity index (χ0) is 15.6. The highest BCUT2D eigenvalue weighted by atomic mass is 16.6. The Morgan fingerprint density at radius 2 is 1.67 bits per heavy atom. The van der Waals surface area contributed by atoms with E-state index in [1.807, 2.05) is 6.08 Å². The summed E-state index contributed by atoms with van der Waals surface area (Å²) in [6, 6.07) is 0. The summed E-state index contributed by atoms with van der Waals surface area (Å²) >= 11 is 0. The fraction of sp³-hybridized carbons (Fsp3) is 0.667. The van der Waals surface area contributed by atoms with Gasteiger partial charge in [-0.3, -0.25) is 14.4 Å². The monoisotopic (exact) mass is 296 g/mol. The van der Waals surface area contributed by atoms with Crippen LogP contribution in [-0.2, 0) is 28.6 Å². The van der Waals surface area contributed by atoms with Gasteiger partial charge in [0.15, 0.2) is 5.41 Å². The predicted molar refractivity (Wildman–Crippen MR) is 71.9 cm³/mol. The van der Waals surface area contributed by atoms with Crippen LogP contribution < -0.4 is 0 Å². The molecule has 0 saturated heterocycles. The number of carbonyl (C=O) groups excluding carboxylic acids is 3. The molecule has 116 valence electrons. The van der Waals surface area contributed by atoms with Crippen molar-refractivity contribution in [2.24, 2.45) is 23.2 Å². The van der Waals surface area contributed by atoms with Crippen LogP contribution in [0, 0.1) is 23.2 Å². The fourth-order valence-corrected chi connectivity index (χ4v) is 3.51. The van der Waals surface area contributed by atoms with Crippen molar-refractivity contribution in [1.29, 1.82) is 0 Å². The Kier molecular flexibility index (Phi) is 4.34. The van der Waals surface area contributed by atoms with Crippen LogP contribution in [0.5, 0.6) is 0 Å². The van der Waals surface area contributed by atoms with E-state index in [9.17, 15) is 14.4 Å². The molecule has 6 nitrogen and oxygen atoms in total. The molecular formula is C15H20O6. The van der Waals surface area contributed by atoms with Crippen LogP contribution >= 0.6 is 0 Å². The predicted octanol–water partition coefficient (Wildman–Crippen LogP) is 1.09. The number of allylic oxidation sites excluding steroid dienone is 2. The Hall–Kier alpha value is -1.85. The number of ether oxygens (including phenoxy) is 3. The Morgan fingerprint density at radius 1 is 1.10 bits per heavy atom. The molecule has 1 saturated carbocycles. The first-order valence-electron chi connectivity index (χ1n) is 7.14. The number of methoxy groups -OCH3 is 1. The van der Waals surface area contributed by atoms with Crippen LogP contribution in [0.25, 0.3) is 0 Å². The fourth-order valence-electron chi connectivity index (χ4n) is 3.51. The third-order valence-corrected chi connectivity index (χ3v) is 4.30. The van der Waals surface area contributed by atoms with Crippen molar-refractivity contribution >= 4 is 17.9 Å². The van der Waals surface area contributed by atoms with Gasteiger partial charge in [-0.05, 0) is 26.2 Å². The summed E-state index contributed by atoms with van der Waals surface area (Å²) in [7, 11) is 1.25. The lowest BCUT2D eigenvalue weighted by atomic mass is 9.68. The summed E-state index contributed by atoms with van der Waals surface area (Å²) < 4.78 is 15.0. The lowest BCUT2D eigenvalue weighted by molar-refractivity contribution is -0.184. The minimum Gasteiger partial charge on any atom is -0.469 e. The van der Waals surface area contributed by atoms with Gasteiger partial charge in [0, 0.05) is 5.92 Å². The number of carbonyl (C=O) groups is 3. The number of rotatable bonds is 5. The van der Waals surface area contributed by atoms with Crippen molar-refractivity contribution in [3.8, 4) is 0 Å². The van der Waals surface area contributed by atoms with Crippen molar-refractivity contribution in [1.82, 2.24) is 0 Å². The van der Waals surface area contributed by atoms with E-state index in [0.717, 1.165) is 0 Å². The van der Waals surface area contributed by atoms with E-state index in [4.69, 9.17) is 14.2 Å². The first-order chi connectivity index (χ1) is 10.0. The van der Waals surface area contributed by atoms with Gasteiger partial charge in [0.25, 0.3) is 0 Å². The average molecular weight is 296 g/mol. The van der Waals surface area contributed by atoms with Crippen molar-refractivity contribution < 1.29 is 28.6 Å². The first-order valence-corrected chi connectivity index (χ1v) is 7.14. The molecule has 0 unspecified atom stereocenters. The highest BCUT2D eigenvalue weighted by Crippen LogP contribution is 2.58. The highest BCUT2D eigenvalue weighted by Gasteiger charge is 2.69. The summed E-state index contributed by atoms with van der Waals surface area (Å²) in [5.41, 5.74) is -1.61. The average Bonchev–Trinajstić information content (AvgIpc) is 3.06. The van der Waals surface area contributed by atoms with Gasteiger partial charge in [0.2, 0.25) is 0 Å². The van der Waals surface area contributed by atoms with E-state index in [-0.39, 0.29) is 25.0 Å². The van der Waals surface area contributed by atoms with Gasteiger partial charge in [0.05, 0.1) is 26.2 Å². The molecule has 2 bridgehead atoms. The molecule has 2 aliphatic rings. The van der Waals surface area contributed by atoms with E-state index in [0.29, 0.717) is 6.42 Å². The second-order valence-corrected chi connectivity index (χ2v) is 5.20. The van der Waals surface area contributed by atoms with Gasteiger partial charge in [-0.15, -0.1) is 0 Å². The quantitative estimate of drug-likeness (QED) is 0.327.